The lowest BCUT2D eigenvalue weighted by molar-refractivity contribution is 0.602. The number of halogens is 1. The Hall–Kier alpha value is -1.71. The van der Waals surface area contributed by atoms with Crippen LogP contribution in [0.1, 0.15) is 33.9 Å². The molecule has 0 aliphatic carbocycles. The molecular formula is C16H19FN2. The summed E-state index contributed by atoms with van der Waals surface area (Å²) in [4.78, 5) is 0. The van der Waals surface area contributed by atoms with Crippen molar-refractivity contribution in [2.45, 2.75) is 26.8 Å². The number of rotatable bonds is 3. The van der Waals surface area contributed by atoms with E-state index in [1.165, 1.54) is 23.3 Å². The van der Waals surface area contributed by atoms with Crippen LogP contribution in [0.4, 0.5) is 4.39 Å². The number of benzene rings is 2. The van der Waals surface area contributed by atoms with Gasteiger partial charge in [0, 0.05) is 0 Å². The second kappa shape index (κ2) is 5.51. The minimum atomic E-state index is -0.236. The van der Waals surface area contributed by atoms with Crippen molar-refractivity contribution >= 4 is 0 Å². The SMILES string of the molecule is Cc1cc(F)cc(C(NN)c2cccc(C)c2C)c1. The number of hydrogen-bond donors (Lipinski definition) is 2. The smallest absolute Gasteiger partial charge is 0.123 e. The first-order valence-corrected chi connectivity index (χ1v) is 6.32. The summed E-state index contributed by atoms with van der Waals surface area (Å²) in [6, 6.07) is 10.9. The molecule has 0 aliphatic rings. The summed E-state index contributed by atoms with van der Waals surface area (Å²) in [5, 5.41) is 0. The zero-order chi connectivity index (χ0) is 14.0. The van der Waals surface area contributed by atoms with Gasteiger partial charge in [0.15, 0.2) is 0 Å². The van der Waals surface area contributed by atoms with Crippen LogP contribution in [0.5, 0.6) is 0 Å². The van der Waals surface area contributed by atoms with Crippen molar-refractivity contribution in [1.29, 1.82) is 0 Å². The molecule has 1 atom stereocenters. The van der Waals surface area contributed by atoms with Crippen LogP contribution in [-0.4, -0.2) is 0 Å². The maximum absolute atomic E-state index is 13.6. The maximum atomic E-state index is 13.6. The summed E-state index contributed by atoms with van der Waals surface area (Å²) in [5.74, 6) is 5.45. The van der Waals surface area contributed by atoms with Gasteiger partial charge in [0.25, 0.3) is 0 Å². The quantitative estimate of drug-likeness (QED) is 0.655. The van der Waals surface area contributed by atoms with Crippen molar-refractivity contribution in [3.05, 3.63) is 70.0 Å². The second-order valence-corrected chi connectivity index (χ2v) is 4.95. The third-order valence-electron chi connectivity index (χ3n) is 3.52. The monoisotopic (exact) mass is 258 g/mol. The highest BCUT2D eigenvalue weighted by molar-refractivity contribution is 5.41. The molecule has 100 valence electrons. The highest BCUT2D eigenvalue weighted by atomic mass is 19.1. The molecule has 0 spiro atoms. The Morgan fingerprint density at radius 3 is 2.47 bits per heavy atom. The van der Waals surface area contributed by atoms with E-state index in [1.807, 2.05) is 25.1 Å². The summed E-state index contributed by atoms with van der Waals surface area (Å²) in [7, 11) is 0. The van der Waals surface area contributed by atoms with Gasteiger partial charge in [-0.15, -0.1) is 0 Å². The van der Waals surface area contributed by atoms with Gasteiger partial charge in [-0.3, -0.25) is 5.84 Å². The summed E-state index contributed by atoms with van der Waals surface area (Å²) in [6.45, 7) is 5.99. The van der Waals surface area contributed by atoms with E-state index in [0.717, 1.165) is 16.7 Å². The lowest BCUT2D eigenvalue weighted by atomic mass is 9.92. The predicted molar refractivity (Wildman–Crippen MR) is 76.2 cm³/mol. The lowest BCUT2D eigenvalue weighted by Crippen LogP contribution is -2.29. The van der Waals surface area contributed by atoms with Gasteiger partial charge < -0.3 is 0 Å². The molecule has 0 fully saturated rings. The van der Waals surface area contributed by atoms with E-state index in [2.05, 4.69) is 25.3 Å². The van der Waals surface area contributed by atoms with Crippen LogP contribution in [-0.2, 0) is 0 Å². The fourth-order valence-corrected chi connectivity index (χ4v) is 2.38. The summed E-state index contributed by atoms with van der Waals surface area (Å²) in [5.41, 5.74) is 7.97. The summed E-state index contributed by atoms with van der Waals surface area (Å²) >= 11 is 0. The highest BCUT2D eigenvalue weighted by Crippen LogP contribution is 2.27. The van der Waals surface area contributed by atoms with Crippen LogP contribution in [0.25, 0.3) is 0 Å². The van der Waals surface area contributed by atoms with Crippen molar-refractivity contribution in [1.82, 2.24) is 5.43 Å². The first-order valence-electron chi connectivity index (χ1n) is 6.32. The Kier molecular flexibility index (Phi) is 3.98. The van der Waals surface area contributed by atoms with E-state index >= 15 is 0 Å². The van der Waals surface area contributed by atoms with E-state index in [9.17, 15) is 4.39 Å². The van der Waals surface area contributed by atoms with Crippen molar-refractivity contribution in [3.63, 3.8) is 0 Å². The number of aryl methyl sites for hydroxylation is 2. The van der Waals surface area contributed by atoms with Crippen molar-refractivity contribution in [2.75, 3.05) is 0 Å². The zero-order valence-electron chi connectivity index (χ0n) is 11.5. The van der Waals surface area contributed by atoms with E-state index in [1.54, 1.807) is 0 Å². The average molecular weight is 258 g/mol. The molecule has 19 heavy (non-hydrogen) atoms. The van der Waals surface area contributed by atoms with Gasteiger partial charge in [-0.25, -0.2) is 9.82 Å². The van der Waals surface area contributed by atoms with E-state index in [4.69, 9.17) is 5.84 Å². The largest absolute Gasteiger partial charge is 0.271 e. The molecule has 0 bridgehead atoms. The molecule has 2 aromatic carbocycles. The standard InChI is InChI=1S/C16H19FN2/c1-10-7-13(9-14(17)8-10)16(19-18)15-6-4-5-11(2)12(15)3/h4-9,16,19H,18H2,1-3H3. The van der Waals surface area contributed by atoms with Crippen molar-refractivity contribution < 1.29 is 4.39 Å². The third kappa shape index (κ3) is 2.83. The first-order chi connectivity index (χ1) is 9.02. The third-order valence-corrected chi connectivity index (χ3v) is 3.52. The average Bonchev–Trinajstić information content (AvgIpc) is 2.34. The molecular weight excluding hydrogens is 239 g/mol. The Morgan fingerprint density at radius 1 is 1.11 bits per heavy atom. The van der Waals surface area contributed by atoms with Crippen molar-refractivity contribution in [3.8, 4) is 0 Å². The Bertz CT molecular complexity index is 573. The first kappa shape index (κ1) is 13.7. The molecule has 3 N–H and O–H groups in total. The zero-order valence-corrected chi connectivity index (χ0v) is 11.5. The van der Waals surface area contributed by atoms with E-state index < -0.39 is 0 Å². The van der Waals surface area contributed by atoms with Crippen LogP contribution in [0, 0.1) is 26.6 Å². The molecule has 0 aromatic heterocycles. The molecule has 0 heterocycles. The van der Waals surface area contributed by atoms with Gasteiger partial charge in [-0.1, -0.05) is 24.3 Å². The normalized spacial score (nSPS) is 12.5. The number of hydrazine groups is 1. The van der Waals surface area contributed by atoms with Gasteiger partial charge in [0.2, 0.25) is 0 Å². The fourth-order valence-electron chi connectivity index (χ4n) is 2.38. The van der Waals surface area contributed by atoms with Gasteiger partial charge in [-0.05, 0) is 60.7 Å². The molecule has 2 aromatic rings. The van der Waals surface area contributed by atoms with Crippen LogP contribution < -0.4 is 11.3 Å². The number of hydrogen-bond acceptors (Lipinski definition) is 2. The van der Waals surface area contributed by atoms with Gasteiger partial charge >= 0.3 is 0 Å². The number of nitrogens with two attached hydrogens (primary N) is 1. The van der Waals surface area contributed by atoms with Crippen LogP contribution in [0.15, 0.2) is 36.4 Å². The molecule has 0 radical (unpaired) electrons. The summed E-state index contributed by atoms with van der Waals surface area (Å²) < 4.78 is 13.6. The van der Waals surface area contributed by atoms with E-state index in [-0.39, 0.29) is 11.9 Å². The minimum Gasteiger partial charge on any atom is -0.271 e. The Labute approximate surface area is 113 Å². The summed E-state index contributed by atoms with van der Waals surface area (Å²) in [6.07, 6.45) is 0. The van der Waals surface area contributed by atoms with Crippen LogP contribution >= 0.6 is 0 Å². The van der Waals surface area contributed by atoms with Crippen LogP contribution in [0.3, 0.4) is 0 Å². The van der Waals surface area contributed by atoms with E-state index in [0.29, 0.717) is 0 Å². The molecule has 2 rings (SSSR count). The lowest BCUT2D eigenvalue weighted by Gasteiger charge is -2.20. The minimum absolute atomic E-state index is 0.200. The van der Waals surface area contributed by atoms with Gasteiger partial charge in [0.1, 0.15) is 5.82 Å². The van der Waals surface area contributed by atoms with Crippen LogP contribution in [0.2, 0.25) is 0 Å². The number of nitrogens with one attached hydrogen (secondary N) is 1. The van der Waals surface area contributed by atoms with Gasteiger partial charge in [0.05, 0.1) is 6.04 Å². The highest BCUT2D eigenvalue weighted by Gasteiger charge is 2.16. The molecule has 1 unspecified atom stereocenters. The van der Waals surface area contributed by atoms with Crippen molar-refractivity contribution in [2.24, 2.45) is 5.84 Å². The maximum Gasteiger partial charge on any atom is 0.123 e. The van der Waals surface area contributed by atoms with Gasteiger partial charge in [-0.2, -0.15) is 0 Å². The Morgan fingerprint density at radius 2 is 1.84 bits per heavy atom. The second-order valence-electron chi connectivity index (χ2n) is 4.95. The molecule has 0 saturated heterocycles. The fraction of sp³-hybridized carbons (Fsp3) is 0.250. The molecule has 2 nitrogen and oxygen atoms in total. The molecule has 3 heteroatoms. The molecule has 0 saturated carbocycles. The topological polar surface area (TPSA) is 38.0 Å². The molecule has 0 aliphatic heterocycles. The molecule has 0 amide bonds. The Balaban J connectivity index is 2.53. The predicted octanol–water partition coefficient (Wildman–Crippen LogP) is 3.30.